The average molecular weight is 282 g/mol. The molecule has 4 nitrogen and oxygen atoms in total. The monoisotopic (exact) mass is 282 g/mol. The lowest BCUT2D eigenvalue weighted by atomic mass is 9.99. The first-order valence-corrected chi connectivity index (χ1v) is 7.04. The molecule has 0 spiro atoms. The molecule has 1 amide bonds. The van der Waals surface area contributed by atoms with Gasteiger partial charge in [0, 0.05) is 12.2 Å². The van der Waals surface area contributed by atoms with E-state index in [0.717, 1.165) is 29.8 Å². The second kappa shape index (κ2) is 5.48. The van der Waals surface area contributed by atoms with Gasteiger partial charge >= 0.3 is 0 Å². The number of anilines is 2. The number of ether oxygens (including phenoxy) is 1. The minimum Gasteiger partial charge on any atom is -0.495 e. The topological polar surface area (TPSA) is 55.6 Å². The van der Waals surface area contributed by atoms with E-state index >= 15 is 0 Å². The van der Waals surface area contributed by atoms with Crippen LogP contribution in [-0.2, 0) is 6.42 Å². The van der Waals surface area contributed by atoms with Gasteiger partial charge in [-0.25, -0.2) is 0 Å². The molecule has 2 aromatic rings. The molecule has 0 aromatic heterocycles. The van der Waals surface area contributed by atoms with E-state index in [0.29, 0.717) is 17.8 Å². The van der Waals surface area contributed by atoms with Crippen molar-refractivity contribution in [2.75, 3.05) is 24.3 Å². The first kappa shape index (κ1) is 13.5. The van der Waals surface area contributed by atoms with Gasteiger partial charge in [0.2, 0.25) is 0 Å². The molecule has 108 valence electrons. The Hall–Kier alpha value is -2.49. The maximum absolute atomic E-state index is 12.8. The van der Waals surface area contributed by atoms with Crippen LogP contribution >= 0.6 is 0 Å². The maximum Gasteiger partial charge on any atom is 0.260 e. The molecule has 0 fully saturated rings. The lowest BCUT2D eigenvalue weighted by Gasteiger charge is -2.31. The van der Waals surface area contributed by atoms with E-state index in [1.54, 1.807) is 24.1 Å². The highest BCUT2D eigenvalue weighted by atomic mass is 16.5. The zero-order valence-electron chi connectivity index (χ0n) is 12.0. The van der Waals surface area contributed by atoms with Gasteiger partial charge in [-0.05, 0) is 36.6 Å². The molecule has 21 heavy (non-hydrogen) atoms. The summed E-state index contributed by atoms with van der Waals surface area (Å²) in [6.45, 7) is 0.681. The van der Waals surface area contributed by atoms with Crippen molar-refractivity contribution in [1.29, 1.82) is 0 Å². The number of carbonyl (C=O) groups is 1. The Morgan fingerprint density at radius 1 is 1.19 bits per heavy atom. The van der Waals surface area contributed by atoms with E-state index in [9.17, 15) is 4.79 Å². The summed E-state index contributed by atoms with van der Waals surface area (Å²) in [7, 11) is 1.63. The standard InChI is InChI=1S/C17H18N2O2/c1-21-15-10-4-6-12-7-5-11-19(16(12)15)17(20)13-8-2-3-9-14(13)18/h2-4,6,8-10H,5,7,11,18H2,1H3. The van der Waals surface area contributed by atoms with Crippen LogP contribution in [0.15, 0.2) is 42.5 Å². The number of nitrogen functional groups attached to an aromatic ring is 1. The van der Waals surface area contributed by atoms with E-state index in [1.807, 2.05) is 30.3 Å². The van der Waals surface area contributed by atoms with Gasteiger partial charge in [-0.15, -0.1) is 0 Å². The van der Waals surface area contributed by atoms with Crippen molar-refractivity contribution in [2.45, 2.75) is 12.8 Å². The normalized spacial score (nSPS) is 13.7. The fraction of sp³-hybridized carbons (Fsp3) is 0.235. The number of para-hydroxylation sites is 2. The molecule has 0 bridgehead atoms. The van der Waals surface area contributed by atoms with Crippen LogP contribution in [-0.4, -0.2) is 19.6 Å². The Kier molecular flexibility index (Phi) is 3.52. The highest BCUT2D eigenvalue weighted by Crippen LogP contribution is 2.37. The van der Waals surface area contributed by atoms with Gasteiger partial charge in [-0.1, -0.05) is 24.3 Å². The highest BCUT2D eigenvalue weighted by Gasteiger charge is 2.27. The largest absolute Gasteiger partial charge is 0.495 e. The van der Waals surface area contributed by atoms with Crippen molar-refractivity contribution in [3.05, 3.63) is 53.6 Å². The minimum atomic E-state index is -0.0708. The number of rotatable bonds is 2. The second-order valence-electron chi connectivity index (χ2n) is 5.12. The first-order chi connectivity index (χ1) is 10.2. The Labute approximate surface area is 124 Å². The molecular formula is C17H18N2O2. The average Bonchev–Trinajstić information content (AvgIpc) is 2.53. The van der Waals surface area contributed by atoms with Crippen LogP contribution in [0.5, 0.6) is 5.75 Å². The number of nitrogens with two attached hydrogens (primary N) is 1. The van der Waals surface area contributed by atoms with Gasteiger partial charge in [-0.3, -0.25) is 4.79 Å². The number of carbonyl (C=O) groups excluding carboxylic acids is 1. The lowest BCUT2D eigenvalue weighted by molar-refractivity contribution is 0.0985. The maximum atomic E-state index is 12.8. The van der Waals surface area contributed by atoms with Crippen molar-refractivity contribution < 1.29 is 9.53 Å². The number of hydrogen-bond donors (Lipinski definition) is 1. The number of fused-ring (bicyclic) bond motifs is 1. The van der Waals surface area contributed by atoms with Crippen molar-refractivity contribution in [3.8, 4) is 5.75 Å². The number of amides is 1. The predicted molar refractivity (Wildman–Crippen MR) is 83.8 cm³/mol. The fourth-order valence-electron chi connectivity index (χ4n) is 2.82. The quantitative estimate of drug-likeness (QED) is 0.862. The highest BCUT2D eigenvalue weighted by molar-refractivity contribution is 6.10. The van der Waals surface area contributed by atoms with Gasteiger partial charge in [0.05, 0.1) is 18.4 Å². The van der Waals surface area contributed by atoms with Crippen molar-refractivity contribution in [3.63, 3.8) is 0 Å². The summed E-state index contributed by atoms with van der Waals surface area (Å²) in [6, 6.07) is 13.1. The zero-order chi connectivity index (χ0) is 14.8. The summed E-state index contributed by atoms with van der Waals surface area (Å²) in [6.07, 6.45) is 1.90. The van der Waals surface area contributed by atoms with Crippen LogP contribution in [0.1, 0.15) is 22.3 Å². The molecular weight excluding hydrogens is 264 g/mol. The Morgan fingerprint density at radius 2 is 2.00 bits per heavy atom. The van der Waals surface area contributed by atoms with Crippen LogP contribution in [0.4, 0.5) is 11.4 Å². The summed E-state index contributed by atoms with van der Waals surface area (Å²) in [5.74, 6) is 0.661. The van der Waals surface area contributed by atoms with Crippen LogP contribution in [0.2, 0.25) is 0 Å². The third-order valence-electron chi connectivity index (χ3n) is 3.84. The van der Waals surface area contributed by atoms with Gasteiger partial charge < -0.3 is 15.4 Å². The van der Waals surface area contributed by atoms with Crippen LogP contribution in [0.3, 0.4) is 0 Å². The van der Waals surface area contributed by atoms with Crippen molar-refractivity contribution >= 4 is 17.3 Å². The molecule has 4 heteroatoms. The van der Waals surface area contributed by atoms with Crippen LogP contribution in [0.25, 0.3) is 0 Å². The predicted octanol–water partition coefficient (Wildman–Crippen LogP) is 2.87. The molecule has 1 heterocycles. The Balaban J connectivity index is 2.06. The van der Waals surface area contributed by atoms with Gasteiger partial charge in [0.15, 0.2) is 0 Å². The molecule has 1 aliphatic heterocycles. The third-order valence-corrected chi connectivity index (χ3v) is 3.84. The minimum absolute atomic E-state index is 0.0708. The zero-order valence-corrected chi connectivity index (χ0v) is 12.0. The SMILES string of the molecule is COc1cccc2c1N(C(=O)c1ccccc1N)CCC2. The van der Waals surface area contributed by atoms with Crippen molar-refractivity contribution in [1.82, 2.24) is 0 Å². The molecule has 2 aromatic carbocycles. The van der Waals surface area contributed by atoms with E-state index in [4.69, 9.17) is 10.5 Å². The lowest BCUT2D eigenvalue weighted by Crippen LogP contribution is -2.36. The molecule has 0 radical (unpaired) electrons. The molecule has 1 aliphatic rings. The van der Waals surface area contributed by atoms with Crippen LogP contribution < -0.4 is 15.4 Å². The molecule has 0 saturated heterocycles. The van der Waals surface area contributed by atoms with Crippen molar-refractivity contribution in [2.24, 2.45) is 0 Å². The van der Waals surface area contributed by atoms with E-state index in [1.165, 1.54) is 0 Å². The smallest absolute Gasteiger partial charge is 0.260 e. The third kappa shape index (κ3) is 2.33. The number of nitrogens with zero attached hydrogens (tertiary/aromatic N) is 1. The summed E-state index contributed by atoms with van der Waals surface area (Å²) < 4.78 is 5.43. The summed E-state index contributed by atoms with van der Waals surface area (Å²) in [5.41, 5.74) is 9.00. The van der Waals surface area contributed by atoms with E-state index in [-0.39, 0.29) is 5.91 Å². The Bertz CT molecular complexity index is 668. The molecule has 0 unspecified atom stereocenters. The molecule has 0 atom stereocenters. The number of hydrogen-bond acceptors (Lipinski definition) is 3. The fourth-order valence-corrected chi connectivity index (χ4v) is 2.82. The Morgan fingerprint density at radius 3 is 2.76 bits per heavy atom. The molecule has 2 N–H and O–H groups in total. The van der Waals surface area contributed by atoms with E-state index in [2.05, 4.69) is 0 Å². The molecule has 0 aliphatic carbocycles. The summed E-state index contributed by atoms with van der Waals surface area (Å²) in [5, 5.41) is 0. The van der Waals surface area contributed by atoms with E-state index < -0.39 is 0 Å². The van der Waals surface area contributed by atoms with Gasteiger partial charge in [0.1, 0.15) is 5.75 Å². The van der Waals surface area contributed by atoms with Crippen LogP contribution in [0, 0.1) is 0 Å². The summed E-state index contributed by atoms with van der Waals surface area (Å²) in [4.78, 5) is 14.6. The molecule has 0 saturated carbocycles. The number of benzene rings is 2. The number of aryl methyl sites for hydroxylation is 1. The van der Waals surface area contributed by atoms with Gasteiger partial charge in [0.25, 0.3) is 5.91 Å². The molecule has 3 rings (SSSR count). The van der Waals surface area contributed by atoms with Gasteiger partial charge in [-0.2, -0.15) is 0 Å². The summed E-state index contributed by atoms with van der Waals surface area (Å²) >= 11 is 0. The second-order valence-corrected chi connectivity index (χ2v) is 5.12. The number of methoxy groups -OCH3 is 1. The first-order valence-electron chi connectivity index (χ1n) is 7.04.